The number of hydrogen-bond donors (Lipinski definition) is 3. The van der Waals surface area contributed by atoms with Gasteiger partial charge >= 0.3 is 5.51 Å². The Hall–Kier alpha value is -1.38. The molecule has 0 fully saturated rings. The maximum absolute atomic E-state index is 11.7. The summed E-state index contributed by atoms with van der Waals surface area (Å²) in [5.41, 5.74) is 1.30. The van der Waals surface area contributed by atoms with Crippen molar-refractivity contribution in [3.8, 4) is 0 Å². The highest BCUT2D eigenvalue weighted by Gasteiger charge is 2.27. The first-order valence-corrected chi connectivity index (χ1v) is 5.16. The van der Waals surface area contributed by atoms with Gasteiger partial charge in [0.25, 0.3) is 5.91 Å². The number of rotatable bonds is 4. The number of carbonyl (C=O) groups is 1. The fraction of sp³-hybridized carbons (Fsp3) is 0.429. The molecule has 0 aliphatic heterocycles. The van der Waals surface area contributed by atoms with Crippen molar-refractivity contribution in [2.24, 2.45) is 0 Å². The van der Waals surface area contributed by atoms with Gasteiger partial charge in [0.05, 0.1) is 11.9 Å². The van der Waals surface area contributed by atoms with Crippen LogP contribution in [0.25, 0.3) is 0 Å². The fourth-order valence-electron chi connectivity index (χ4n) is 0.897. The number of nitrogens with zero attached hydrogens (tertiary/aromatic N) is 1. The van der Waals surface area contributed by atoms with Crippen LogP contribution in [0.3, 0.4) is 0 Å². The maximum atomic E-state index is 11.7. The molecule has 5 nitrogen and oxygen atoms in total. The first-order chi connectivity index (χ1) is 7.40. The molecule has 16 heavy (non-hydrogen) atoms. The van der Waals surface area contributed by atoms with E-state index in [0.29, 0.717) is 0 Å². The summed E-state index contributed by atoms with van der Waals surface area (Å²) >= 11 is -0.195. The van der Waals surface area contributed by atoms with Gasteiger partial charge in [0.2, 0.25) is 0 Å². The van der Waals surface area contributed by atoms with Crippen LogP contribution in [0.15, 0.2) is 6.20 Å². The quantitative estimate of drug-likeness (QED) is 0.699. The highest BCUT2D eigenvalue weighted by molar-refractivity contribution is 8.00. The number of alkyl halides is 3. The van der Waals surface area contributed by atoms with Crippen LogP contribution in [0.1, 0.15) is 10.5 Å². The molecule has 0 atom stereocenters. The second-order valence-electron chi connectivity index (χ2n) is 2.75. The Balaban J connectivity index is 2.29. The highest BCUT2D eigenvalue weighted by atomic mass is 32.2. The second-order valence-corrected chi connectivity index (χ2v) is 3.91. The van der Waals surface area contributed by atoms with Gasteiger partial charge < -0.3 is 11.1 Å². The zero-order valence-electron chi connectivity index (χ0n) is 7.97. The summed E-state index contributed by atoms with van der Waals surface area (Å²) in [6.45, 7) is -0.0958. The minimum absolute atomic E-state index is 0.0528. The highest BCUT2D eigenvalue weighted by Crippen LogP contribution is 2.29. The van der Waals surface area contributed by atoms with Crippen LogP contribution in [0.2, 0.25) is 0 Å². The molecule has 0 radical (unpaired) electrons. The molecular weight excluding hydrogens is 245 g/mol. The number of nitrogens with one attached hydrogen (secondary N) is 2. The van der Waals surface area contributed by atoms with Crippen LogP contribution in [-0.4, -0.2) is 33.9 Å². The van der Waals surface area contributed by atoms with Crippen molar-refractivity contribution in [1.29, 1.82) is 0 Å². The lowest BCUT2D eigenvalue weighted by atomic mass is 10.3. The number of nitrogen functional groups attached to an aromatic ring is 1. The molecule has 9 heteroatoms. The van der Waals surface area contributed by atoms with Crippen molar-refractivity contribution < 1.29 is 18.0 Å². The lowest BCUT2D eigenvalue weighted by molar-refractivity contribution is -0.0327. The molecule has 1 amide bonds. The van der Waals surface area contributed by atoms with Crippen molar-refractivity contribution in [3.05, 3.63) is 11.9 Å². The number of halogens is 3. The SMILES string of the molecule is Nc1cn[nH]c1C(=O)NCCSC(F)(F)F. The fourth-order valence-corrected chi connectivity index (χ4v) is 1.33. The van der Waals surface area contributed by atoms with Crippen LogP contribution >= 0.6 is 11.8 Å². The number of hydrogen-bond acceptors (Lipinski definition) is 4. The van der Waals surface area contributed by atoms with Crippen molar-refractivity contribution in [2.45, 2.75) is 5.51 Å². The van der Waals surface area contributed by atoms with Crippen LogP contribution in [0, 0.1) is 0 Å². The molecule has 0 saturated heterocycles. The summed E-state index contributed by atoms with van der Waals surface area (Å²) in [7, 11) is 0. The third-order valence-corrected chi connectivity index (χ3v) is 2.28. The third kappa shape index (κ3) is 4.01. The number of carbonyl (C=O) groups excluding carboxylic acids is 1. The molecule has 0 aliphatic rings. The number of aromatic nitrogens is 2. The third-order valence-electron chi connectivity index (χ3n) is 1.55. The number of aromatic amines is 1. The first-order valence-electron chi connectivity index (χ1n) is 4.18. The summed E-state index contributed by atoms with van der Waals surface area (Å²) in [5.74, 6) is -0.818. The van der Waals surface area contributed by atoms with E-state index in [1.807, 2.05) is 0 Å². The molecule has 90 valence electrons. The van der Waals surface area contributed by atoms with Gasteiger partial charge in [-0.3, -0.25) is 9.89 Å². The van der Waals surface area contributed by atoms with Crippen LogP contribution < -0.4 is 11.1 Å². The number of amides is 1. The Kier molecular flexibility index (Phi) is 4.05. The van der Waals surface area contributed by atoms with Gasteiger partial charge in [-0.05, 0) is 11.8 Å². The van der Waals surface area contributed by atoms with Gasteiger partial charge in [-0.15, -0.1) is 0 Å². The molecule has 0 aliphatic carbocycles. The van der Waals surface area contributed by atoms with Gasteiger partial charge in [0, 0.05) is 12.3 Å². The molecule has 4 N–H and O–H groups in total. The summed E-state index contributed by atoms with van der Waals surface area (Å²) in [5, 5.41) is 8.15. The predicted octanol–water partition coefficient (Wildman–Crippen LogP) is 0.975. The zero-order valence-corrected chi connectivity index (χ0v) is 8.78. The topological polar surface area (TPSA) is 83.8 Å². The Morgan fingerprint density at radius 1 is 1.62 bits per heavy atom. The van der Waals surface area contributed by atoms with E-state index in [4.69, 9.17) is 5.73 Å². The molecular formula is C7H9F3N4OS. The Bertz CT molecular complexity index is 365. The minimum Gasteiger partial charge on any atom is -0.396 e. The number of nitrogens with two attached hydrogens (primary N) is 1. The molecule has 0 aromatic carbocycles. The Morgan fingerprint density at radius 2 is 2.31 bits per heavy atom. The van der Waals surface area contributed by atoms with Crippen molar-refractivity contribution in [3.63, 3.8) is 0 Å². The zero-order chi connectivity index (χ0) is 12.2. The Morgan fingerprint density at radius 3 is 2.81 bits per heavy atom. The van der Waals surface area contributed by atoms with E-state index in [9.17, 15) is 18.0 Å². The molecule has 1 rings (SSSR count). The molecule has 1 aromatic heterocycles. The lowest BCUT2D eigenvalue weighted by Crippen LogP contribution is -2.27. The van der Waals surface area contributed by atoms with E-state index >= 15 is 0 Å². The van der Waals surface area contributed by atoms with Gasteiger partial charge in [-0.2, -0.15) is 18.3 Å². The summed E-state index contributed by atoms with van der Waals surface area (Å²) in [4.78, 5) is 11.3. The maximum Gasteiger partial charge on any atom is 0.441 e. The number of H-pyrrole nitrogens is 1. The van der Waals surface area contributed by atoms with Gasteiger partial charge in [-0.1, -0.05) is 0 Å². The predicted molar refractivity (Wildman–Crippen MR) is 53.8 cm³/mol. The molecule has 0 unspecified atom stereocenters. The van der Waals surface area contributed by atoms with Gasteiger partial charge in [0.15, 0.2) is 0 Å². The summed E-state index contributed by atoms with van der Waals surface area (Å²) in [6, 6.07) is 0. The van der Waals surface area contributed by atoms with E-state index in [1.54, 1.807) is 0 Å². The van der Waals surface area contributed by atoms with Gasteiger partial charge in [0.1, 0.15) is 5.69 Å². The lowest BCUT2D eigenvalue weighted by Gasteiger charge is -2.06. The second kappa shape index (κ2) is 5.10. The molecule has 1 aromatic rings. The van der Waals surface area contributed by atoms with Crippen LogP contribution in [0.5, 0.6) is 0 Å². The van der Waals surface area contributed by atoms with Crippen molar-refractivity contribution >= 4 is 23.4 Å². The monoisotopic (exact) mass is 254 g/mol. The standard InChI is InChI=1S/C7H9F3N4OS/c8-7(9,10)16-2-1-12-6(15)5-4(11)3-13-14-5/h3H,1-2,11H2,(H,12,15)(H,13,14). The molecule has 0 spiro atoms. The van der Waals surface area contributed by atoms with E-state index in [2.05, 4.69) is 15.5 Å². The van der Waals surface area contributed by atoms with Gasteiger partial charge in [-0.25, -0.2) is 0 Å². The van der Waals surface area contributed by atoms with E-state index in [1.165, 1.54) is 6.20 Å². The summed E-state index contributed by atoms with van der Waals surface area (Å²) < 4.78 is 35.2. The minimum atomic E-state index is -4.28. The average Bonchev–Trinajstić information content (AvgIpc) is 2.57. The normalized spacial score (nSPS) is 11.4. The smallest absolute Gasteiger partial charge is 0.396 e. The molecule has 1 heterocycles. The molecule has 0 saturated carbocycles. The number of anilines is 1. The number of thioether (sulfide) groups is 1. The van der Waals surface area contributed by atoms with Crippen molar-refractivity contribution in [2.75, 3.05) is 18.0 Å². The van der Waals surface area contributed by atoms with E-state index in [-0.39, 0.29) is 35.4 Å². The van der Waals surface area contributed by atoms with Crippen LogP contribution in [-0.2, 0) is 0 Å². The Labute approximate surface area is 93.0 Å². The van der Waals surface area contributed by atoms with Crippen molar-refractivity contribution in [1.82, 2.24) is 15.5 Å². The van der Waals surface area contributed by atoms with E-state index in [0.717, 1.165) is 0 Å². The summed E-state index contributed by atoms with van der Waals surface area (Å²) in [6.07, 6.45) is 1.25. The molecule has 0 bridgehead atoms. The van der Waals surface area contributed by atoms with Crippen LogP contribution in [0.4, 0.5) is 18.9 Å². The van der Waals surface area contributed by atoms with E-state index < -0.39 is 11.4 Å². The largest absolute Gasteiger partial charge is 0.441 e. The average molecular weight is 254 g/mol. The first kappa shape index (κ1) is 12.7.